The molecule has 0 aromatic rings. The average Bonchev–Trinajstić information content (AvgIpc) is 1.69. The summed E-state index contributed by atoms with van der Waals surface area (Å²) in [7, 11) is 1.51. The van der Waals surface area contributed by atoms with Gasteiger partial charge in [-0.25, -0.2) is 9.78 Å². The summed E-state index contributed by atoms with van der Waals surface area (Å²) in [6.07, 6.45) is 0.994. The molecule has 0 bridgehead atoms. The van der Waals surface area contributed by atoms with Gasteiger partial charge in [0.05, 0.1) is 13.7 Å². The summed E-state index contributed by atoms with van der Waals surface area (Å²) in [5, 5.41) is 0.969. The molecule has 0 saturated carbocycles. The molecule has 0 fully saturated rings. The maximum Gasteiger partial charge on any atom is 0.0830 e. The highest BCUT2D eigenvalue weighted by atomic mass is 79.9. The molecular formula is C4H9BrO2. The van der Waals surface area contributed by atoms with Gasteiger partial charge < -0.3 is 0 Å². The molecule has 0 rings (SSSR count). The maximum atomic E-state index is 4.54. The highest BCUT2D eigenvalue weighted by Crippen LogP contribution is 1.87. The minimum atomic E-state index is 0.668. The number of halogens is 1. The molecule has 0 atom stereocenters. The summed E-state index contributed by atoms with van der Waals surface area (Å²) in [4.78, 5) is 8.87. The van der Waals surface area contributed by atoms with Crippen molar-refractivity contribution in [2.75, 3.05) is 19.0 Å². The van der Waals surface area contributed by atoms with Gasteiger partial charge in [0.2, 0.25) is 0 Å². The Labute approximate surface area is 51.9 Å². The lowest BCUT2D eigenvalue weighted by molar-refractivity contribution is -0.271. The van der Waals surface area contributed by atoms with Crippen LogP contribution in [0.2, 0.25) is 0 Å². The van der Waals surface area contributed by atoms with Crippen molar-refractivity contribution in [3.8, 4) is 0 Å². The van der Waals surface area contributed by atoms with Gasteiger partial charge in [0.15, 0.2) is 0 Å². The lowest BCUT2D eigenvalue weighted by atomic mass is 10.5. The van der Waals surface area contributed by atoms with Crippen LogP contribution >= 0.6 is 15.9 Å². The van der Waals surface area contributed by atoms with Gasteiger partial charge in [-0.1, -0.05) is 15.9 Å². The van der Waals surface area contributed by atoms with Crippen LogP contribution in [0, 0.1) is 0 Å². The number of rotatable bonds is 4. The Morgan fingerprint density at radius 1 is 1.57 bits per heavy atom. The van der Waals surface area contributed by atoms with E-state index in [0.29, 0.717) is 6.61 Å². The second-order valence-corrected chi connectivity index (χ2v) is 1.82. The maximum absolute atomic E-state index is 4.54. The van der Waals surface area contributed by atoms with Crippen molar-refractivity contribution in [3.05, 3.63) is 0 Å². The molecular weight excluding hydrogens is 160 g/mol. The number of hydrogen-bond donors (Lipinski definition) is 0. The Kier molecular flexibility index (Phi) is 6.77. The van der Waals surface area contributed by atoms with Crippen LogP contribution in [0.3, 0.4) is 0 Å². The van der Waals surface area contributed by atoms with E-state index >= 15 is 0 Å². The predicted molar refractivity (Wildman–Crippen MR) is 31.4 cm³/mol. The minimum Gasteiger partial charge on any atom is -0.240 e. The molecule has 0 aromatic heterocycles. The third-order valence-corrected chi connectivity index (χ3v) is 1.04. The fourth-order valence-corrected chi connectivity index (χ4v) is 0.426. The van der Waals surface area contributed by atoms with Crippen LogP contribution in [-0.4, -0.2) is 19.0 Å². The van der Waals surface area contributed by atoms with Crippen LogP contribution in [0.1, 0.15) is 6.42 Å². The van der Waals surface area contributed by atoms with E-state index in [4.69, 9.17) is 0 Å². The molecule has 7 heavy (non-hydrogen) atoms. The molecule has 0 radical (unpaired) electrons. The molecule has 0 amide bonds. The van der Waals surface area contributed by atoms with E-state index < -0.39 is 0 Å². The van der Waals surface area contributed by atoms with Gasteiger partial charge in [0.25, 0.3) is 0 Å². The topological polar surface area (TPSA) is 18.5 Å². The quantitative estimate of drug-likeness (QED) is 0.273. The van der Waals surface area contributed by atoms with Crippen molar-refractivity contribution in [3.63, 3.8) is 0 Å². The predicted octanol–water partition coefficient (Wildman–Crippen LogP) is 1.35. The molecule has 0 N–H and O–H groups in total. The number of hydrogen-bond acceptors (Lipinski definition) is 2. The molecule has 3 heteroatoms. The lowest BCUT2D eigenvalue weighted by Crippen LogP contribution is -1.91. The highest BCUT2D eigenvalue weighted by Gasteiger charge is 1.80. The molecule has 0 aromatic carbocycles. The van der Waals surface area contributed by atoms with Crippen molar-refractivity contribution >= 4 is 15.9 Å². The van der Waals surface area contributed by atoms with E-state index in [2.05, 4.69) is 25.7 Å². The van der Waals surface area contributed by atoms with Crippen LogP contribution in [0.4, 0.5) is 0 Å². The van der Waals surface area contributed by atoms with Gasteiger partial charge in [-0.15, -0.1) is 0 Å². The van der Waals surface area contributed by atoms with Crippen LogP contribution in [0.15, 0.2) is 0 Å². The fraction of sp³-hybridized carbons (Fsp3) is 1.00. The summed E-state index contributed by atoms with van der Waals surface area (Å²) in [5.41, 5.74) is 0. The van der Waals surface area contributed by atoms with Gasteiger partial charge in [-0.2, -0.15) is 0 Å². The van der Waals surface area contributed by atoms with Crippen molar-refractivity contribution in [1.29, 1.82) is 0 Å². The van der Waals surface area contributed by atoms with E-state index in [0.717, 1.165) is 11.8 Å². The zero-order valence-corrected chi connectivity index (χ0v) is 5.90. The van der Waals surface area contributed by atoms with Crippen molar-refractivity contribution in [2.24, 2.45) is 0 Å². The first-order valence-electron chi connectivity index (χ1n) is 2.13. The monoisotopic (exact) mass is 168 g/mol. The molecule has 0 unspecified atom stereocenters. The Morgan fingerprint density at radius 3 is 2.71 bits per heavy atom. The summed E-state index contributed by atoms with van der Waals surface area (Å²) in [6, 6.07) is 0. The van der Waals surface area contributed by atoms with Crippen LogP contribution in [0.25, 0.3) is 0 Å². The third-order valence-electron chi connectivity index (χ3n) is 0.479. The van der Waals surface area contributed by atoms with E-state index in [1.807, 2.05) is 0 Å². The average molecular weight is 169 g/mol. The molecule has 0 aliphatic heterocycles. The number of alkyl halides is 1. The smallest absolute Gasteiger partial charge is 0.0830 e. The van der Waals surface area contributed by atoms with Gasteiger partial charge in [0.1, 0.15) is 0 Å². The molecule has 2 nitrogen and oxygen atoms in total. The summed E-state index contributed by atoms with van der Waals surface area (Å²) in [6.45, 7) is 0.668. The van der Waals surface area contributed by atoms with Crippen molar-refractivity contribution in [2.45, 2.75) is 6.42 Å². The van der Waals surface area contributed by atoms with Gasteiger partial charge in [-0.3, -0.25) is 0 Å². The lowest BCUT2D eigenvalue weighted by Gasteiger charge is -1.93. The van der Waals surface area contributed by atoms with Crippen LogP contribution < -0.4 is 0 Å². The minimum absolute atomic E-state index is 0.668. The summed E-state index contributed by atoms with van der Waals surface area (Å²) in [5.74, 6) is 0. The molecule has 0 aliphatic carbocycles. The summed E-state index contributed by atoms with van der Waals surface area (Å²) >= 11 is 3.24. The second kappa shape index (κ2) is 6.40. The van der Waals surface area contributed by atoms with Crippen molar-refractivity contribution < 1.29 is 9.78 Å². The molecule has 0 heterocycles. The highest BCUT2D eigenvalue weighted by molar-refractivity contribution is 9.09. The Balaban J connectivity index is 2.45. The summed E-state index contributed by atoms with van der Waals surface area (Å²) < 4.78 is 0. The third kappa shape index (κ3) is 6.40. The van der Waals surface area contributed by atoms with Crippen LogP contribution in [0.5, 0.6) is 0 Å². The van der Waals surface area contributed by atoms with Crippen LogP contribution in [-0.2, 0) is 9.78 Å². The Morgan fingerprint density at radius 2 is 2.29 bits per heavy atom. The van der Waals surface area contributed by atoms with E-state index in [9.17, 15) is 0 Å². The zero-order valence-electron chi connectivity index (χ0n) is 4.32. The second-order valence-electron chi connectivity index (χ2n) is 1.03. The zero-order chi connectivity index (χ0) is 5.54. The van der Waals surface area contributed by atoms with E-state index in [1.165, 1.54) is 7.11 Å². The first-order chi connectivity index (χ1) is 3.41. The van der Waals surface area contributed by atoms with E-state index in [1.54, 1.807) is 0 Å². The Bertz CT molecular complexity index is 28.9. The van der Waals surface area contributed by atoms with Gasteiger partial charge in [0, 0.05) is 5.33 Å². The Hall–Kier alpha value is 0.400. The standard InChI is InChI=1S/C4H9BrO2/c1-6-7-4-2-3-5/h2-4H2,1H3. The van der Waals surface area contributed by atoms with E-state index in [-0.39, 0.29) is 0 Å². The normalized spacial score (nSPS) is 9.43. The van der Waals surface area contributed by atoms with Gasteiger partial charge >= 0.3 is 0 Å². The molecule has 44 valence electrons. The SMILES string of the molecule is COOCCCBr. The largest absolute Gasteiger partial charge is 0.240 e. The first kappa shape index (κ1) is 7.40. The molecule has 0 aliphatic rings. The van der Waals surface area contributed by atoms with Crippen molar-refractivity contribution in [1.82, 2.24) is 0 Å². The first-order valence-corrected chi connectivity index (χ1v) is 3.25. The molecule has 0 saturated heterocycles. The fourth-order valence-electron chi connectivity index (χ4n) is 0.197. The molecule has 0 spiro atoms. The van der Waals surface area contributed by atoms with Gasteiger partial charge in [-0.05, 0) is 6.42 Å².